The van der Waals surface area contributed by atoms with Crippen LogP contribution in [0, 0.1) is 0 Å². The minimum atomic E-state index is -1.48. The molecule has 59 heavy (non-hydrogen) atoms. The zero-order valence-corrected chi connectivity index (χ0v) is 31.8. The molecular formula is C50H40N4O5. The van der Waals surface area contributed by atoms with Crippen molar-refractivity contribution >= 4 is 46.4 Å². The summed E-state index contributed by atoms with van der Waals surface area (Å²) in [6.07, 6.45) is 1.98. The van der Waals surface area contributed by atoms with Gasteiger partial charge in [0.1, 0.15) is 30.5 Å². The lowest BCUT2D eigenvalue weighted by atomic mass is 9.90. The predicted octanol–water partition coefficient (Wildman–Crippen LogP) is 8.84. The van der Waals surface area contributed by atoms with Gasteiger partial charge in [-0.05, 0) is 76.4 Å². The molecule has 0 spiro atoms. The number of aliphatic hydroxyl groups is 4. The molecule has 9 nitrogen and oxygen atoms in total. The van der Waals surface area contributed by atoms with E-state index in [1.165, 1.54) is 0 Å². The molecule has 1 fully saturated rings. The first-order valence-corrected chi connectivity index (χ1v) is 19.7. The van der Waals surface area contributed by atoms with Crippen molar-refractivity contribution in [1.29, 1.82) is 0 Å². The quantitative estimate of drug-likeness (QED) is 0.0989. The number of ether oxygens (including phenoxy) is 1. The molecule has 0 amide bonds. The molecule has 4 aromatic carbocycles. The molecule has 3 aliphatic heterocycles. The number of rotatable bonds is 6. The highest BCUT2D eigenvalue weighted by molar-refractivity contribution is 5.99. The second kappa shape index (κ2) is 15.2. The number of nitrogens with one attached hydrogen (secondary N) is 2. The van der Waals surface area contributed by atoms with E-state index in [1.807, 2.05) is 84.9 Å². The molecule has 1 saturated heterocycles. The highest BCUT2D eigenvalue weighted by atomic mass is 16.5. The summed E-state index contributed by atoms with van der Waals surface area (Å²) < 4.78 is 5.89. The third-order valence-electron chi connectivity index (χ3n) is 11.4. The van der Waals surface area contributed by atoms with Gasteiger partial charge in [0, 0.05) is 44.3 Å². The Morgan fingerprint density at radius 3 is 1.14 bits per heavy atom. The Kier molecular flexibility index (Phi) is 9.45. The van der Waals surface area contributed by atoms with Crippen molar-refractivity contribution in [3.8, 4) is 44.5 Å². The fourth-order valence-electron chi connectivity index (χ4n) is 8.45. The maximum absolute atomic E-state index is 10.9. The lowest BCUT2D eigenvalue weighted by Crippen LogP contribution is -2.55. The summed E-state index contributed by atoms with van der Waals surface area (Å²) in [7, 11) is 0. The van der Waals surface area contributed by atoms with Crippen molar-refractivity contribution < 1.29 is 25.2 Å². The molecule has 6 heterocycles. The predicted molar refractivity (Wildman–Crippen MR) is 233 cm³/mol. The molecule has 3 aliphatic rings. The van der Waals surface area contributed by atoms with E-state index in [2.05, 4.69) is 88.9 Å². The summed E-state index contributed by atoms with van der Waals surface area (Å²) in [5.74, 6) is 0. The second-order valence-electron chi connectivity index (χ2n) is 15.0. The van der Waals surface area contributed by atoms with Gasteiger partial charge in [0.15, 0.2) is 0 Å². The van der Waals surface area contributed by atoms with Crippen LogP contribution in [0.15, 0.2) is 140 Å². The molecule has 10 rings (SSSR count). The topological polar surface area (TPSA) is 148 Å². The summed E-state index contributed by atoms with van der Waals surface area (Å²) in [6, 6.07) is 46.8. The molecular weight excluding hydrogens is 737 g/mol. The van der Waals surface area contributed by atoms with Crippen LogP contribution in [0.2, 0.25) is 0 Å². The summed E-state index contributed by atoms with van der Waals surface area (Å²) >= 11 is 0. The minimum Gasteiger partial charge on any atom is -0.394 e. The van der Waals surface area contributed by atoms with Crippen LogP contribution in [0.1, 0.15) is 34.4 Å². The summed E-state index contributed by atoms with van der Waals surface area (Å²) in [5.41, 5.74) is 15.0. The monoisotopic (exact) mass is 776 g/mol. The number of H-pyrrole nitrogens is 2. The largest absolute Gasteiger partial charge is 0.394 e. The van der Waals surface area contributed by atoms with Gasteiger partial charge in [0.05, 0.1) is 29.4 Å². The van der Waals surface area contributed by atoms with Crippen molar-refractivity contribution in [2.45, 2.75) is 30.5 Å². The third kappa shape index (κ3) is 6.61. The number of fused-ring (bicyclic) bond motifs is 8. The van der Waals surface area contributed by atoms with Crippen LogP contribution < -0.4 is 0 Å². The lowest BCUT2D eigenvalue weighted by Gasteiger charge is -2.40. The maximum Gasteiger partial charge on any atom is 0.113 e. The molecule has 8 bridgehead atoms. The van der Waals surface area contributed by atoms with Gasteiger partial charge in [-0.3, -0.25) is 0 Å². The third-order valence-corrected chi connectivity index (χ3v) is 11.4. The standard InChI is InChI=1S/C50H40N4O5/c55-28-42-47(56)48(57)49(58)50(59-42)33-18-16-32(17-19-33)46-40-26-24-38(53-40)44(30-12-6-2-7-13-30)36-22-20-34(51-36)43(29-10-4-1-5-11-29)35-21-23-37(52-35)45(31-14-8-3-9-15-31)39-25-27-41(46)54-39/h1-27,42,47-51,54-58H,28H2/t42-,47-,48+,49+,50-/m1/s1. The van der Waals surface area contributed by atoms with Crippen LogP contribution in [-0.4, -0.2) is 71.4 Å². The molecule has 290 valence electrons. The van der Waals surface area contributed by atoms with Crippen molar-refractivity contribution in [2.24, 2.45) is 0 Å². The Morgan fingerprint density at radius 2 is 0.780 bits per heavy atom. The van der Waals surface area contributed by atoms with E-state index in [9.17, 15) is 20.4 Å². The number of aromatic nitrogens is 4. The zero-order valence-electron chi connectivity index (χ0n) is 31.8. The first kappa shape index (κ1) is 36.6. The smallest absolute Gasteiger partial charge is 0.113 e. The van der Waals surface area contributed by atoms with Gasteiger partial charge < -0.3 is 35.1 Å². The van der Waals surface area contributed by atoms with E-state index >= 15 is 0 Å². The van der Waals surface area contributed by atoms with Gasteiger partial charge in [-0.2, -0.15) is 0 Å². The number of hydrogen-bond donors (Lipinski definition) is 6. The number of nitrogens with zero attached hydrogens (tertiary/aromatic N) is 2. The number of benzene rings is 4. The van der Waals surface area contributed by atoms with E-state index in [4.69, 9.17) is 14.7 Å². The highest BCUT2D eigenvalue weighted by Gasteiger charge is 2.44. The van der Waals surface area contributed by atoms with Crippen molar-refractivity contribution in [2.75, 3.05) is 6.61 Å². The normalized spacial score (nSPS) is 19.9. The molecule has 0 saturated carbocycles. The molecule has 6 N–H and O–H groups in total. The van der Waals surface area contributed by atoms with E-state index in [-0.39, 0.29) is 0 Å². The lowest BCUT2D eigenvalue weighted by molar-refractivity contribution is -0.231. The Labute approximate surface area is 340 Å². The van der Waals surface area contributed by atoms with Gasteiger partial charge in [-0.25, -0.2) is 9.97 Å². The van der Waals surface area contributed by atoms with Gasteiger partial charge in [0.2, 0.25) is 0 Å². The van der Waals surface area contributed by atoms with Crippen LogP contribution >= 0.6 is 0 Å². The van der Waals surface area contributed by atoms with Crippen molar-refractivity contribution in [1.82, 2.24) is 19.9 Å². The summed E-state index contributed by atoms with van der Waals surface area (Å²) in [4.78, 5) is 18.2. The van der Waals surface area contributed by atoms with Gasteiger partial charge in [-0.1, -0.05) is 115 Å². The molecule has 9 heteroatoms. The average molecular weight is 777 g/mol. The van der Waals surface area contributed by atoms with Gasteiger partial charge >= 0.3 is 0 Å². The molecule has 0 unspecified atom stereocenters. The summed E-state index contributed by atoms with van der Waals surface area (Å²) in [5, 5.41) is 41.7. The van der Waals surface area contributed by atoms with E-state index in [0.29, 0.717) is 5.56 Å². The van der Waals surface area contributed by atoms with E-state index in [0.717, 1.165) is 89.4 Å². The van der Waals surface area contributed by atoms with E-state index in [1.54, 1.807) is 0 Å². The molecule has 3 aromatic heterocycles. The van der Waals surface area contributed by atoms with Gasteiger partial charge in [-0.15, -0.1) is 0 Å². The van der Waals surface area contributed by atoms with Crippen LogP contribution in [0.25, 0.3) is 90.9 Å². The van der Waals surface area contributed by atoms with Crippen LogP contribution in [0.4, 0.5) is 0 Å². The number of aromatic amines is 2. The van der Waals surface area contributed by atoms with Crippen molar-refractivity contribution in [3.05, 3.63) is 168 Å². The maximum atomic E-state index is 10.9. The second-order valence-corrected chi connectivity index (χ2v) is 15.0. The van der Waals surface area contributed by atoms with E-state index < -0.39 is 37.1 Å². The minimum absolute atomic E-state index is 0.501. The fraction of sp³-hybridized carbons (Fsp3) is 0.120. The molecule has 7 aromatic rings. The molecule has 0 radical (unpaired) electrons. The fourth-order valence-corrected chi connectivity index (χ4v) is 8.45. The Balaban J connectivity index is 1.27. The first-order valence-electron chi connectivity index (χ1n) is 19.7. The number of hydrogen-bond acceptors (Lipinski definition) is 7. The van der Waals surface area contributed by atoms with Crippen LogP contribution in [0.5, 0.6) is 0 Å². The average Bonchev–Trinajstić information content (AvgIpc) is 4.13. The first-order chi connectivity index (χ1) is 28.9. The van der Waals surface area contributed by atoms with Crippen LogP contribution in [0.3, 0.4) is 0 Å². The molecule has 5 atom stereocenters. The van der Waals surface area contributed by atoms with Gasteiger partial charge in [0.25, 0.3) is 0 Å². The van der Waals surface area contributed by atoms with Crippen molar-refractivity contribution in [3.63, 3.8) is 0 Å². The Hall–Kier alpha value is -6.72. The number of aliphatic hydroxyl groups excluding tert-OH is 4. The SMILES string of the molecule is OC[C@H]1O[C@H](c2ccc(-c3c4nc(c(-c5ccccc5)c5ccc([nH]5)c(-c5ccccc5)c5nc(c(-c6ccccc6)c6ccc3[nH]6)C=C5)C=C4)cc2)[C@@H](O)[C@@H](O)[C@@H]1O. The highest BCUT2D eigenvalue weighted by Crippen LogP contribution is 2.39. The van der Waals surface area contributed by atoms with Crippen LogP contribution in [-0.2, 0) is 4.74 Å². The summed E-state index contributed by atoms with van der Waals surface area (Å²) in [6.45, 7) is -0.501. The molecule has 0 aliphatic carbocycles. The Morgan fingerprint density at radius 1 is 0.424 bits per heavy atom. The zero-order chi connectivity index (χ0) is 40.0. The Bertz CT molecular complexity index is 2860.